The van der Waals surface area contributed by atoms with Crippen LogP contribution in [0.2, 0.25) is 0 Å². The Kier molecular flexibility index (Phi) is 10.8. The van der Waals surface area contributed by atoms with Crippen LogP contribution in [0.15, 0.2) is 48.5 Å². The second-order valence-electron chi connectivity index (χ2n) is 11.9. The van der Waals surface area contributed by atoms with Gasteiger partial charge in [-0.15, -0.1) is 0 Å². The number of esters is 1. The van der Waals surface area contributed by atoms with Gasteiger partial charge in [0.05, 0.1) is 24.2 Å². The number of anilines is 1. The van der Waals surface area contributed by atoms with Crippen molar-refractivity contribution < 1.29 is 19.1 Å². The van der Waals surface area contributed by atoms with E-state index in [1.165, 1.54) is 0 Å². The number of fused-ring (bicyclic) bond motifs is 3. The molecule has 2 aromatic heterocycles. The number of benzene rings is 2. The molecule has 10 nitrogen and oxygen atoms in total. The van der Waals surface area contributed by atoms with E-state index in [1.54, 1.807) is 20.8 Å². The predicted molar refractivity (Wildman–Crippen MR) is 174 cm³/mol. The van der Waals surface area contributed by atoms with Gasteiger partial charge in [0.1, 0.15) is 17.1 Å². The summed E-state index contributed by atoms with van der Waals surface area (Å²) in [5, 5.41) is 1.02. The first kappa shape index (κ1) is 32.7. The summed E-state index contributed by atoms with van der Waals surface area (Å²) in [6, 6.07) is 15.5. The molecule has 1 amide bonds. The second kappa shape index (κ2) is 14.5. The number of ether oxygens (including phenoxy) is 2. The predicted octanol–water partition coefficient (Wildman–Crippen LogP) is 5.21. The average Bonchev–Trinajstić information content (AvgIpc) is 3.34. The van der Waals surface area contributed by atoms with E-state index in [0.29, 0.717) is 37.7 Å². The molecule has 4 aromatic rings. The molecule has 0 radical (unpaired) electrons. The molecule has 44 heavy (non-hydrogen) atoms. The standard InChI is InChI=1S/C34H46N6O4/c1-7-9-18-28-37-30-31(26-16-10-11-17-27(26)36-32(30)35)40(28)20-13-19-39(29(41)23-38(5)6)22-24-14-12-15-25(21-24)44-34(3,4)33(42)43-8-2/h10-12,14-17,21H,7-9,13,18-20,22-23H2,1-6H3,(H2,35,36). The van der Waals surface area contributed by atoms with Crippen molar-refractivity contribution in [3.05, 3.63) is 59.9 Å². The van der Waals surface area contributed by atoms with Gasteiger partial charge in [0, 0.05) is 31.4 Å². The number of nitrogens with two attached hydrogens (primary N) is 1. The largest absolute Gasteiger partial charge is 0.476 e. The van der Waals surface area contributed by atoms with Crippen LogP contribution in [-0.2, 0) is 33.8 Å². The summed E-state index contributed by atoms with van der Waals surface area (Å²) < 4.78 is 13.4. The highest BCUT2D eigenvalue weighted by Crippen LogP contribution is 2.30. The summed E-state index contributed by atoms with van der Waals surface area (Å²) in [5.74, 6) is 1.58. The highest BCUT2D eigenvalue weighted by molar-refractivity contribution is 6.06. The highest BCUT2D eigenvalue weighted by atomic mass is 16.6. The number of hydrogen-bond donors (Lipinski definition) is 1. The van der Waals surface area contributed by atoms with Gasteiger partial charge in [-0.25, -0.2) is 14.8 Å². The summed E-state index contributed by atoms with van der Waals surface area (Å²) in [6.45, 7) is 9.55. The Balaban J connectivity index is 1.57. The third-order valence-corrected chi connectivity index (χ3v) is 7.47. The van der Waals surface area contributed by atoms with Crippen molar-refractivity contribution in [1.29, 1.82) is 0 Å². The van der Waals surface area contributed by atoms with Crippen LogP contribution in [0.1, 0.15) is 58.3 Å². The number of rotatable bonds is 15. The van der Waals surface area contributed by atoms with E-state index in [-0.39, 0.29) is 12.5 Å². The topological polar surface area (TPSA) is 116 Å². The molecule has 0 saturated heterocycles. The van der Waals surface area contributed by atoms with Gasteiger partial charge in [-0.1, -0.05) is 43.7 Å². The zero-order chi connectivity index (χ0) is 31.9. The van der Waals surface area contributed by atoms with E-state index in [9.17, 15) is 9.59 Å². The molecule has 2 heterocycles. The summed E-state index contributed by atoms with van der Waals surface area (Å²) in [5.41, 5.74) is 8.74. The number of carbonyl (C=O) groups is 2. The van der Waals surface area contributed by atoms with Crippen LogP contribution in [0.5, 0.6) is 5.75 Å². The number of carbonyl (C=O) groups excluding carboxylic acids is 2. The molecular formula is C34H46N6O4. The number of amides is 1. The minimum Gasteiger partial charge on any atom is -0.476 e. The van der Waals surface area contributed by atoms with E-state index in [4.69, 9.17) is 20.2 Å². The third-order valence-electron chi connectivity index (χ3n) is 7.47. The molecule has 0 fully saturated rings. The van der Waals surface area contributed by atoms with Crippen molar-refractivity contribution in [1.82, 2.24) is 24.3 Å². The Morgan fingerprint density at radius 2 is 1.80 bits per heavy atom. The summed E-state index contributed by atoms with van der Waals surface area (Å²) in [7, 11) is 3.78. The monoisotopic (exact) mass is 602 g/mol. The molecule has 4 rings (SSSR count). The maximum Gasteiger partial charge on any atom is 0.349 e. The molecule has 0 bridgehead atoms. The first-order chi connectivity index (χ1) is 21.0. The third kappa shape index (κ3) is 7.85. The lowest BCUT2D eigenvalue weighted by Crippen LogP contribution is -2.40. The molecule has 0 aliphatic heterocycles. The summed E-state index contributed by atoms with van der Waals surface area (Å²) >= 11 is 0. The lowest BCUT2D eigenvalue weighted by atomic mass is 10.1. The number of aryl methyl sites for hydroxylation is 2. The first-order valence-electron chi connectivity index (χ1n) is 15.4. The smallest absolute Gasteiger partial charge is 0.349 e. The van der Waals surface area contributed by atoms with Gasteiger partial charge < -0.3 is 29.6 Å². The van der Waals surface area contributed by atoms with Crippen molar-refractivity contribution in [2.45, 2.75) is 72.1 Å². The minimum absolute atomic E-state index is 0.0359. The number of unbranched alkanes of at least 4 members (excludes halogenated alkanes) is 1. The van der Waals surface area contributed by atoms with E-state index < -0.39 is 11.6 Å². The van der Waals surface area contributed by atoms with Gasteiger partial charge in [-0.2, -0.15) is 0 Å². The highest BCUT2D eigenvalue weighted by Gasteiger charge is 2.31. The number of imidazole rings is 1. The minimum atomic E-state index is -1.14. The van der Waals surface area contributed by atoms with Gasteiger partial charge in [0.2, 0.25) is 5.91 Å². The van der Waals surface area contributed by atoms with E-state index in [2.05, 4.69) is 22.5 Å². The Hall–Kier alpha value is -4.18. The number of nitrogens with zero attached hydrogens (tertiary/aromatic N) is 5. The molecule has 10 heteroatoms. The van der Waals surface area contributed by atoms with Gasteiger partial charge in [0.15, 0.2) is 11.4 Å². The number of nitrogen functional groups attached to an aromatic ring is 1. The van der Waals surface area contributed by atoms with Crippen LogP contribution in [0.4, 0.5) is 5.82 Å². The van der Waals surface area contributed by atoms with Crippen molar-refractivity contribution in [2.75, 3.05) is 39.5 Å². The maximum absolute atomic E-state index is 13.4. The summed E-state index contributed by atoms with van der Waals surface area (Å²) in [4.78, 5) is 39.1. The van der Waals surface area contributed by atoms with E-state index >= 15 is 0 Å². The zero-order valence-electron chi connectivity index (χ0n) is 26.9. The molecule has 236 valence electrons. The van der Waals surface area contributed by atoms with Crippen molar-refractivity contribution in [3.63, 3.8) is 0 Å². The SMILES string of the molecule is CCCCc1nc2c(N)nc3ccccc3c2n1CCCN(Cc1cccc(OC(C)(C)C(=O)OCC)c1)C(=O)CN(C)C. The summed E-state index contributed by atoms with van der Waals surface area (Å²) in [6.07, 6.45) is 3.65. The van der Waals surface area contributed by atoms with E-state index in [0.717, 1.165) is 59.0 Å². The number of hydrogen-bond acceptors (Lipinski definition) is 8. The molecule has 0 spiro atoms. The van der Waals surface area contributed by atoms with Crippen LogP contribution in [0.25, 0.3) is 21.9 Å². The molecule has 2 N–H and O–H groups in total. The first-order valence-corrected chi connectivity index (χ1v) is 15.4. The quantitative estimate of drug-likeness (QED) is 0.184. The lowest BCUT2D eigenvalue weighted by molar-refractivity contribution is -0.158. The van der Waals surface area contributed by atoms with Crippen LogP contribution >= 0.6 is 0 Å². The van der Waals surface area contributed by atoms with E-state index in [1.807, 2.05) is 66.4 Å². The van der Waals surface area contributed by atoms with Crippen molar-refractivity contribution in [3.8, 4) is 5.75 Å². The van der Waals surface area contributed by atoms with Gasteiger partial charge in [-0.3, -0.25) is 4.79 Å². The number of aromatic nitrogens is 3. The maximum atomic E-state index is 13.4. The number of para-hydroxylation sites is 1. The Morgan fingerprint density at radius 3 is 2.52 bits per heavy atom. The van der Waals surface area contributed by atoms with Gasteiger partial charge in [-0.05, 0) is 71.5 Å². The Bertz CT molecular complexity index is 1600. The molecule has 0 unspecified atom stereocenters. The lowest BCUT2D eigenvalue weighted by Gasteiger charge is -2.26. The molecule has 2 aromatic carbocycles. The van der Waals surface area contributed by atoms with Crippen molar-refractivity contribution in [2.24, 2.45) is 0 Å². The number of likely N-dealkylation sites (N-methyl/N-ethyl adjacent to an activating group) is 1. The fourth-order valence-corrected chi connectivity index (χ4v) is 5.32. The Morgan fingerprint density at radius 1 is 1.02 bits per heavy atom. The molecule has 0 saturated carbocycles. The molecule has 0 aliphatic carbocycles. The zero-order valence-corrected chi connectivity index (χ0v) is 26.9. The normalized spacial score (nSPS) is 11.8. The fourth-order valence-electron chi connectivity index (χ4n) is 5.32. The molecule has 0 atom stereocenters. The molecule has 0 aliphatic rings. The van der Waals surface area contributed by atoms with Gasteiger partial charge >= 0.3 is 5.97 Å². The molecular weight excluding hydrogens is 556 g/mol. The van der Waals surface area contributed by atoms with Gasteiger partial charge in [0.25, 0.3) is 0 Å². The average molecular weight is 603 g/mol. The van der Waals surface area contributed by atoms with Crippen LogP contribution in [0, 0.1) is 0 Å². The van der Waals surface area contributed by atoms with Crippen LogP contribution < -0.4 is 10.5 Å². The number of pyridine rings is 1. The second-order valence-corrected chi connectivity index (χ2v) is 11.9. The fraction of sp³-hybridized carbons (Fsp3) is 0.471. The van der Waals surface area contributed by atoms with Crippen molar-refractivity contribution >= 4 is 39.6 Å². The van der Waals surface area contributed by atoms with Crippen LogP contribution in [-0.4, -0.2) is 75.6 Å². The Labute approximate surface area is 260 Å². The van der Waals surface area contributed by atoms with Crippen LogP contribution in [0.3, 0.4) is 0 Å².